The van der Waals surface area contributed by atoms with E-state index in [0.717, 1.165) is 12.1 Å². The molecule has 0 aliphatic rings. The van der Waals surface area contributed by atoms with Crippen LogP contribution in [0.15, 0.2) is 52.9 Å². The molecule has 154 valence electrons. The molecule has 3 aromatic rings. The predicted molar refractivity (Wildman–Crippen MR) is 119 cm³/mol. The van der Waals surface area contributed by atoms with E-state index in [2.05, 4.69) is 106 Å². The van der Waals surface area contributed by atoms with Crippen molar-refractivity contribution in [3.63, 3.8) is 0 Å². The van der Waals surface area contributed by atoms with Gasteiger partial charge in [0.1, 0.15) is 0 Å². The summed E-state index contributed by atoms with van der Waals surface area (Å²) in [4.78, 5) is 2.18. The van der Waals surface area contributed by atoms with Crippen molar-refractivity contribution < 1.29 is 4.42 Å². The van der Waals surface area contributed by atoms with E-state index in [1.54, 1.807) is 0 Å². The summed E-state index contributed by atoms with van der Waals surface area (Å²) >= 11 is 0. The molecule has 4 nitrogen and oxygen atoms in total. The van der Waals surface area contributed by atoms with Gasteiger partial charge in [-0.15, -0.1) is 10.2 Å². The molecule has 0 radical (unpaired) electrons. The van der Waals surface area contributed by atoms with Crippen LogP contribution in [0.1, 0.15) is 64.1 Å². The van der Waals surface area contributed by atoms with Crippen molar-refractivity contribution in [2.75, 3.05) is 7.05 Å². The maximum absolute atomic E-state index is 6.05. The van der Waals surface area contributed by atoms with Crippen molar-refractivity contribution in [1.82, 2.24) is 15.1 Å². The van der Waals surface area contributed by atoms with E-state index < -0.39 is 0 Å². The Labute approximate surface area is 175 Å². The second kappa shape index (κ2) is 8.11. The van der Waals surface area contributed by atoms with Crippen LogP contribution in [0.25, 0.3) is 11.5 Å². The molecule has 0 aliphatic heterocycles. The van der Waals surface area contributed by atoms with Gasteiger partial charge in [0.25, 0.3) is 0 Å². The molecular weight excluding hydrogens is 358 g/mol. The number of nitrogens with zero attached hydrogens (tertiary/aromatic N) is 3. The van der Waals surface area contributed by atoms with Crippen LogP contribution in [0.4, 0.5) is 0 Å². The first kappa shape index (κ1) is 21.3. The Bertz CT molecular complexity index is 914. The van der Waals surface area contributed by atoms with Crippen LogP contribution in [0.5, 0.6) is 0 Å². The maximum Gasteiger partial charge on any atom is 0.247 e. The molecular formula is C25H33N3O. The second-order valence-electron chi connectivity index (χ2n) is 9.96. The van der Waals surface area contributed by atoms with E-state index in [0.29, 0.717) is 18.3 Å². The molecule has 4 heteroatoms. The van der Waals surface area contributed by atoms with Crippen LogP contribution in [-0.2, 0) is 23.9 Å². The normalized spacial score (nSPS) is 12.6. The van der Waals surface area contributed by atoms with Gasteiger partial charge in [-0.25, -0.2) is 0 Å². The summed E-state index contributed by atoms with van der Waals surface area (Å²) in [5.74, 6) is 1.22. The van der Waals surface area contributed by atoms with Gasteiger partial charge in [0.15, 0.2) is 0 Å². The molecule has 0 spiro atoms. The van der Waals surface area contributed by atoms with E-state index in [1.165, 1.54) is 16.7 Å². The van der Waals surface area contributed by atoms with E-state index in [9.17, 15) is 0 Å². The lowest BCUT2D eigenvalue weighted by Crippen LogP contribution is -2.17. The molecule has 0 aliphatic carbocycles. The van der Waals surface area contributed by atoms with Crippen LogP contribution < -0.4 is 0 Å². The van der Waals surface area contributed by atoms with Gasteiger partial charge < -0.3 is 4.42 Å². The van der Waals surface area contributed by atoms with Crippen molar-refractivity contribution in [3.8, 4) is 11.5 Å². The van der Waals surface area contributed by atoms with Crippen LogP contribution in [0.3, 0.4) is 0 Å². The zero-order valence-corrected chi connectivity index (χ0v) is 18.8. The largest absolute Gasteiger partial charge is 0.419 e. The van der Waals surface area contributed by atoms with Crippen molar-refractivity contribution in [3.05, 3.63) is 71.1 Å². The topological polar surface area (TPSA) is 42.2 Å². The highest BCUT2D eigenvalue weighted by molar-refractivity contribution is 5.57. The van der Waals surface area contributed by atoms with E-state index >= 15 is 0 Å². The molecule has 3 rings (SSSR count). The summed E-state index contributed by atoms with van der Waals surface area (Å²) < 4.78 is 6.05. The lowest BCUT2D eigenvalue weighted by Gasteiger charge is -2.25. The predicted octanol–water partition coefficient (Wildman–Crippen LogP) is 5.96. The summed E-state index contributed by atoms with van der Waals surface area (Å²) in [5, 5.41) is 8.65. The smallest absolute Gasteiger partial charge is 0.247 e. The minimum Gasteiger partial charge on any atom is -0.419 e. The van der Waals surface area contributed by atoms with E-state index in [1.807, 2.05) is 6.07 Å². The number of hydrogen-bond acceptors (Lipinski definition) is 4. The lowest BCUT2D eigenvalue weighted by atomic mass is 9.79. The third-order valence-electron chi connectivity index (χ3n) is 5.08. The maximum atomic E-state index is 6.05. The standard InChI is InChI=1S/C25H33N3O/c1-24(2,3)20-13-19(14-21(15-20)25(4,5)6)23-27-26-22(29-23)17-28(7)16-18-11-9-8-10-12-18/h8-15H,16-17H2,1-7H3. The minimum absolute atomic E-state index is 0.0504. The van der Waals surface area contributed by atoms with Gasteiger partial charge in [-0.3, -0.25) is 4.90 Å². The Morgan fingerprint density at radius 2 is 1.38 bits per heavy atom. The second-order valence-corrected chi connectivity index (χ2v) is 9.96. The molecule has 1 heterocycles. The molecule has 0 bridgehead atoms. The van der Waals surface area contributed by atoms with Crippen LogP contribution >= 0.6 is 0 Å². The lowest BCUT2D eigenvalue weighted by molar-refractivity contribution is 0.283. The summed E-state index contributed by atoms with van der Waals surface area (Å²) in [6.07, 6.45) is 0. The molecule has 29 heavy (non-hydrogen) atoms. The molecule has 0 unspecified atom stereocenters. The molecule has 0 atom stereocenters. The Morgan fingerprint density at radius 3 is 1.93 bits per heavy atom. The van der Waals surface area contributed by atoms with Crippen molar-refractivity contribution in [2.24, 2.45) is 0 Å². The first-order valence-electron chi connectivity index (χ1n) is 10.2. The van der Waals surface area contributed by atoms with Gasteiger partial charge in [-0.05, 0) is 46.7 Å². The molecule has 0 saturated carbocycles. The van der Waals surface area contributed by atoms with E-state index in [-0.39, 0.29) is 10.8 Å². The first-order chi connectivity index (χ1) is 13.5. The number of hydrogen-bond donors (Lipinski definition) is 0. The number of benzene rings is 2. The minimum atomic E-state index is 0.0504. The van der Waals surface area contributed by atoms with Gasteiger partial charge in [0, 0.05) is 12.1 Å². The van der Waals surface area contributed by atoms with Gasteiger partial charge in [0.05, 0.1) is 6.54 Å². The van der Waals surface area contributed by atoms with Gasteiger partial charge in [-0.2, -0.15) is 0 Å². The molecule has 0 saturated heterocycles. The first-order valence-corrected chi connectivity index (χ1v) is 10.2. The summed E-state index contributed by atoms with van der Waals surface area (Å²) in [6.45, 7) is 14.9. The van der Waals surface area contributed by atoms with Gasteiger partial charge >= 0.3 is 0 Å². The summed E-state index contributed by atoms with van der Waals surface area (Å²) in [5.41, 5.74) is 4.92. The quantitative estimate of drug-likeness (QED) is 0.538. The fourth-order valence-electron chi connectivity index (χ4n) is 3.23. The fraction of sp³-hybridized carbons (Fsp3) is 0.440. The molecule has 0 amide bonds. The van der Waals surface area contributed by atoms with Gasteiger partial charge in [0.2, 0.25) is 11.8 Å². The average Bonchev–Trinajstić information content (AvgIpc) is 3.09. The van der Waals surface area contributed by atoms with Crippen LogP contribution in [-0.4, -0.2) is 22.1 Å². The zero-order valence-electron chi connectivity index (χ0n) is 18.8. The number of rotatable bonds is 5. The monoisotopic (exact) mass is 391 g/mol. The van der Waals surface area contributed by atoms with Crippen LogP contribution in [0.2, 0.25) is 0 Å². The highest BCUT2D eigenvalue weighted by Gasteiger charge is 2.22. The fourth-order valence-corrected chi connectivity index (χ4v) is 3.23. The van der Waals surface area contributed by atoms with E-state index in [4.69, 9.17) is 4.42 Å². The highest BCUT2D eigenvalue weighted by atomic mass is 16.4. The van der Waals surface area contributed by atoms with Crippen LogP contribution in [0, 0.1) is 0 Å². The number of aromatic nitrogens is 2. The SMILES string of the molecule is CN(Cc1ccccc1)Cc1nnc(-c2cc(C(C)(C)C)cc(C(C)(C)C)c2)o1. The summed E-state index contributed by atoms with van der Waals surface area (Å²) in [6, 6.07) is 17.1. The Hall–Kier alpha value is -2.46. The van der Waals surface area contributed by atoms with Crippen molar-refractivity contribution in [2.45, 2.75) is 65.5 Å². The third-order valence-corrected chi connectivity index (χ3v) is 5.08. The third kappa shape index (κ3) is 5.54. The molecule has 0 N–H and O–H groups in total. The summed E-state index contributed by atoms with van der Waals surface area (Å²) in [7, 11) is 2.06. The Balaban J connectivity index is 1.84. The Morgan fingerprint density at radius 1 is 0.793 bits per heavy atom. The highest BCUT2D eigenvalue weighted by Crippen LogP contribution is 2.33. The van der Waals surface area contributed by atoms with Gasteiger partial charge in [-0.1, -0.05) is 77.9 Å². The molecule has 2 aromatic carbocycles. The van der Waals surface area contributed by atoms with Crippen molar-refractivity contribution >= 4 is 0 Å². The molecule has 1 aromatic heterocycles. The Kier molecular flexibility index (Phi) is 5.95. The van der Waals surface area contributed by atoms with Crippen molar-refractivity contribution in [1.29, 1.82) is 0 Å². The zero-order chi connectivity index (χ0) is 21.2. The molecule has 0 fully saturated rings. The average molecular weight is 392 g/mol.